The van der Waals surface area contributed by atoms with E-state index in [2.05, 4.69) is 4.98 Å². The second-order valence-corrected chi connectivity index (χ2v) is 4.74. The predicted octanol–water partition coefficient (Wildman–Crippen LogP) is 3.84. The van der Waals surface area contributed by atoms with Crippen LogP contribution in [0.15, 0.2) is 12.1 Å². The Balaban J connectivity index is 2.48. The molecule has 0 fully saturated rings. The van der Waals surface area contributed by atoms with Crippen LogP contribution in [0.1, 0.15) is 25.5 Å². The summed E-state index contributed by atoms with van der Waals surface area (Å²) in [7, 11) is 1.55. The Morgan fingerprint density at radius 1 is 1.42 bits per heavy atom. The van der Waals surface area contributed by atoms with Gasteiger partial charge in [0.05, 0.1) is 23.3 Å². The van der Waals surface area contributed by atoms with Gasteiger partial charge in [-0.3, -0.25) is 4.79 Å². The van der Waals surface area contributed by atoms with Gasteiger partial charge in [-0.1, -0.05) is 18.5 Å². The van der Waals surface area contributed by atoms with Crippen molar-refractivity contribution in [3.63, 3.8) is 0 Å². The van der Waals surface area contributed by atoms with Crippen molar-refractivity contribution in [2.45, 2.75) is 26.7 Å². The highest BCUT2D eigenvalue weighted by molar-refractivity contribution is 6.32. The molecule has 102 valence electrons. The van der Waals surface area contributed by atoms with Crippen molar-refractivity contribution in [2.24, 2.45) is 0 Å². The normalized spacial score (nSPS) is 10.7. The van der Waals surface area contributed by atoms with Gasteiger partial charge >= 0.3 is 5.97 Å². The second-order valence-electron chi connectivity index (χ2n) is 4.34. The zero-order chi connectivity index (χ0) is 14.0. The summed E-state index contributed by atoms with van der Waals surface area (Å²) in [6.45, 7) is 3.79. The maximum absolute atomic E-state index is 11.6. The smallest absolute Gasteiger partial charge is 0.311 e. The third kappa shape index (κ3) is 2.68. The molecule has 0 unspecified atom stereocenters. The average Bonchev–Trinajstić information content (AvgIpc) is 2.64. The second kappa shape index (κ2) is 5.53. The van der Waals surface area contributed by atoms with Gasteiger partial charge in [-0.25, -0.2) is 0 Å². The third-order valence-corrected chi connectivity index (χ3v) is 3.16. The molecule has 1 aromatic carbocycles. The number of carbonyl (C=O) groups excluding carboxylic acids is 1. The molecule has 0 radical (unpaired) electrons. The molecule has 0 aliphatic heterocycles. The number of carbonyl (C=O) groups is 1. The van der Waals surface area contributed by atoms with Gasteiger partial charge in [0.15, 0.2) is 5.75 Å². The Bertz CT molecular complexity index is 619. The molecule has 4 nitrogen and oxygen atoms in total. The average molecular weight is 282 g/mol. The van der Waals surface area contributed by atoms with E-state index in [1.165, 1.54) is 0 Å². The first-order valence-corrected chi connectivity index (χ1v) is 6.51. The number of methoxy groups -OCH3 is 1. The van der Waals surface area contributed by atoms with Crippen LogP contribution >= 0.6 is 11.6 Å². The SMILES string of the molecule is CCCC(=O)Oc1c(C)[nH]c2cc(Cl)c(OC)cc12. The van der Waals surface area contributed by atoms with Gasteiger partial charge in [0.25, 0.3) is 0 Å². The van der Waals surface area contributed by atoms with Crippen LogP contribution in [0.25, 0.3) is 10.9 Å². The maximum atomic E-state index is 11.6. The summed E-state index contributed by atoms with van der Waals surface area (Å²) in [6, 6.07) is 3.54. The van der Waals surface area contributed by atoms with E-state index >= 15 is 0 Å². The summed E-state index contributed by atoms with van der Waals surface area (Å²) in [4.78, 5) is 14.8. The number of aromatic amines is 1. The molecule has 0 saturated heterocycles. The molecule has 5 heteroatoms. The van der Waals surface area contributed by atoms with E-state index in [0.29, 0.717) is 22.9 Å². The zero-order valence-corrected chi connectivity index (χ0v) is 11.9. The number of hydrogen-bond acceptors (Lipinski definition) is 3. The molecule has 0 saturated carbocycles. The largest absolute Gasteiger partial charge is 0.495 e. The van der Waals surface area contributed by atoms with E-state index in [-0.39, 0.29) is 5.97 Å². The molecular weight excluding hydrogens is 266 g/mol. The molecule has 0 aliphatic rings. The van der Waals surface area contributed by atoms with Gasteiger partial charge in [0.1, 0.15) is 5.75 Å². The molecule has 1 heterocycles. The quantitative estimate of drug-likeness (QED) is 0.866. The van der Waals surface area contributed by atoms with Crippen LogP contribution in [-0.4, -0.2) is 18.1 Å². The van der Waals surface area contributed by atoms with Crippen LogP contribution in [0, 0.1) is 6.92 Å². The first-order chi connectivity index (χ1) is 9.06. The first kappa shape index (κ1) is 13.7. The van der Waals surface area contributed by atoms with E-state index in [1.807, 2.05) is 13.8 Å². The minimum atomic E-state index is -0.236. The van der Waals surface area contributed by atoms with Gasteiger partial charge in [-0.2, -0.15) is 0 Å². The fourth-order valence-corrected chi connectivity index (χ4v) is 2.20. The number of esters is 1. The molecule has 0 bridgehead atoms. The first-order valence-electron chi connectivity index (χ1n) is 6.13. The molecular formula is C14H16ClNO3. The van der Waals surface area contributed by atoms with Crippen molar-refractivity contribution in [3.8, 4) is 11.5 Å². The minimum absolute atomic E-state index is 0.236. The monoisotopic (exact) mass is 281 g/mol. The standard InChI is InChI=1S/C14H16ClNO3/c1-4-5-13(17)19-14-8(2)16-11-7-10(15)12(18-3)6-9(11)14/h6-7,16H,4-5H2,1-3H3. The van der Waals surface area contributed by atoms with Crippen LogP contribution in [0.5, 0.6) is 11.5 Å². The van der Waals surface area contributed by atoms with Crippen LogP contribution in [0.4, 0.5) is 0 Å². The van der Waals surface area contributed by atoms with Crippen molar-refractivity contribution in [1.82, 2.24) is 4.98 Å². The molecule has 0 aliphatic carbocycles. The number of aromatic nitrogens is 1. The van der Waals surface area contributed by atoms with E-state index in [9.17, 15) is 4.79 Å². The lowest BCUT2D eigenvalue weighted by Gasteiger charge is -2.05. The topological polar surface area (TPSA) is 51.3 Å². The lowest BCUT2D eigenvalue weighted by atomic mass is 10.2. The van der Waals surface area contributed by atoms with E-state index in [1.54, 1.807) is 19.2 Å². The molecule has 1 N–H and O–H groups in total. The summed E-state index contributed by atoms with van der Waals surface area (Å²) < 4.78 is 10.6. The van der Waals surface area contributed by atoms with Crippen molar-refractivity contribution < 1.29 is 14.3 Å². The Morgan fingerprint density at radius 2 is 2.16 bits per heavy atom. The minimum Gasteiger partial charge on any atom is -0.495 e. The molecule has 2 rings (SSSR count). The number of aryl methyl sites for hydroxylation is 1. The van der Waals surface area contributed by atoms with Crippen LogP contribution < -0.4 is 9.47 Å². The summed E-state index contributed by atoms with van der Waals surface area (Å²) in [6.07, 6.45) is 1.16. The highest BCUT2D eigenvalue weighted by Gasteiger charge is 2.15. The number of nitrogens with one attached hydrogen (secondary N) is 1. The van der Waals surface area contributed by atoms with Crippen molar-refractivity contribution >= 4 is 28.5 Å². The Hall–Kier alpha value is -1.68. The number of H-pyrrole nitrogens is 1. The van der Waals surface area contributed by atoms with Gasteiger partial charge in [0.2, 0.25) is 0 Å². The molecule has 19 heavy (non-hydrogen) atoms. The number of ether oxygens (including phenoxy) is 2. The Morgan fingerprint density at radius 3 is 2.79 bits per heavy atom. The summed E-state index contributed by atoms with van der Waals surface area (Å²) in [5.41, 5.74) is 1.62. The molecule has 0 atom stereocenters. The highest BCUT2D eigenvalue weighted by Crippen LogP contribution is 2.36. The highest BCUT2D eigenvalue weighted by atomic mass is 35.5. The molecule has 0 spiro atoms. The third-order valence-electron chi connectivity index (χ3n) is 2.87. The number of halogens is 1. The molecule has 2 aromatic rings. The number of rotatable bonds is 4. The van der Waals surface area contributed by atoms with E-state index < -0.39 is 0 Å². The lowest BCUT2D eigenvalue weighted by molar-refractivity contribution is -0.134. The van der Waals surface area contributed by atoms with Crippen LogP contribution in [-0.2, 0) is 4.79 Å². The summed E-state index contributed by atoms with van der Waals surface area (Å²) in [5, 5.41) is 1.31. The van der Waals surface area contributed by atoms with Crippen LogP contribution in [0.3, 0.4) is 0 Å². The van der Waals surface area contributed by atoms with Gasteiger partial charge in [-0.05, 0) is 25.5 Å². The molecule has 0 amide bonds. The fraction of sp³-hybridized carbons (Fsp3) is 0.357. The van der Waals surface area contributed by atoms with E-state index in [4.69, 9.17) is 21.1 Å². The van der Waals surface area contributed by atoms with Crippen molar-refractivity contribution in [1.29, 1.82) is 0 Å². The van der Waals surface area contributed by atoms with Crippen molar-refractivity contribution in [3.05, 3.63) is 22.8 Å². The maximum Gasteiger partial charge on any atom is 0.311 e. The number of hydrogen-bond donors (Lipinski definition) is 1. The van der Waals surface area contributed by atoms with Gasteiger partial charge in [-0.15, -0.1) is 0 Å². The Kier molecular flexibility index (Phi) is 4.00. The van der Waals surface area contributed by atoms with Gasteiger partial charge < -0.3 is 14.5 Å². The molecule has 1 aromatic heterocycles. The zero-order valence-electron chi connectivity index (χ0n) is 11.2. The predicted molar refractivity (Wildman–Crippen MR) is 75.1 cm³/mol. The van der Waals surface area contributed by atoms with Crippen molar-refractivity contribution in [2.75, 3.05) is 7.11 Å². The fourth-order valence-electron chi connectivity index (χ4n) is 1.96. The van der Waals surface area contributed by atoms with Crippen LogP contribution in [0.2, 0.25) is 5.02 Å². The lowest BCUT2D eigenvalue weighted by Crippen LogP contribution is -2.07. The van der Waals surface area contributed by atoms with E-state index in [0.717, 1.165) is 23.0 Å². The van der Waals surface area contributed by atoms with Gasteiger partial charge in [0, 0.05) is 11.8 Å². The number of benzene rings is 1. The summed E-state index contributed by atoms with van der Waals surface area (Å²) in [5.74, 6) is 0.866. The number of fused-ring (bicyclic) bond motifs is 1. The Labute approximate surface area is 116 Å². The summed E-state index contributed by atoms with van der Waals surface area (Å²) >= 11 is 6.07.